The lowest BCUT2D eigenvalue weighted by molar-refractivity contribution is 0.672. The van der Waals surface area contributed by atoms with Gasteiger partial charge in [-0.25, -0.2) is 0 Å². The Labute approximate surface area is 161 Å². The first-order valence-corrected chi connectivity index (χ1v) is 9.76. The lowest BCUT2D eigenvalue weighted by Crippen LogP contribution is -2.17. The third-order valence-corrected chi connectivity index (χ3v) is 5.30. The van der Waals surface area contributed by atoms with E-state index in [-0.39, 0.29) is 0 Å². The molecule has 1 aromatic heterocycles. The molecule has 0 radical (unpaired) electrons. The van der Waals surface area contributed by atoms with Gasteiger partial charge in [-0.15, -0.1) is 0 Å². The van der Waals surface area contributed by atoms with Crippen molar-refractivity contribution in [2.75, 3.05) is 5.32 Å². The topological polar surface area (TPSA) is 24.9 Å². The van der Waals surface area contributed by atoms with Crippen LogP contribution in [-0.2, 0) is 0 Å². The maximum absolute atomic E-state index is 6.24. The van der Waals surface area contributed by atoms with Gasteiger partial charge >= 0.3 is 0 Å². The van der Waals surface area contributed by atoms with Crippen LogP contribution in [0.4, 0.5) is 5.69 Å². The quantitative estimate of drug-likeness (QED) is 0.521. The van der Waals surface area contributed by atoms with E-state index in [4.69, 9.17) is 16.6 Å². The molecule has 0 fully saturated rings. The standard InChI is InChI=1S/C23H27ClN2/c1-6-18(7-2)26-21-13-16(5)25-23-19(21)9-8-10-20(23)22-14(3)11-17(24)12-15(22)4/h8-13,18H,6-7H2,1-5H3,(H,25,26). The van der Waals surface area contributed by atoms with Crippen LogP contribution < -0.4 is 5.32 Å². The number of halogens is 1. The SMILES string of the molecule is CCC(CC)Nc1cc(C)nc2c(-c3c(C)cc(Cl)cc3C)cccc12. The fraction of sp³-hybridized carbons (Fsp3) is 0.348. The van der Waals surface area contributed by atoms with E-state index >= 15 is 0 Å². The van der Waals surface area contributed by atoms with Gasteiger partial charge in [-0.05, 0) is 68.5 Å². The Kier molecular flexibility index (Phi) is 5.52. The highest BCUT2D eigenvalue weighted by atomic mass is 35.5. The van der Waals surface area contributed by atoms with E-state index in [9.17, 15) is 0 Å². The monoisotopic (exact) mass is 366 g/mol. The predicted molar refractivity (Wildman–Crippen MR) is 114 cm³/mol. The Morgan fingerprint density at radius 2 is 1.65 bits per heavy atom. The summed E-state index contributed by atoms with van der Waals surface area (Å²) in [5, 5.41) is 5.67. The maximum atomic E-state index is 6.24. The van der Waals surface area contributed by atoms with Crippen LogP contribution in [0.5, 0.6) is 0 Å². The Morgan fingerprint density at radius 3 is 2.27 bits per heavy atom. The molecule has 1 heterocycles. The minimum Gasteiger partial charge on any atom is -0.382 e. The van der Waals surface area contributed by atoms with Gasteiger partial charge in [0.15, 0.2) is 0 Å². The van der Waals surface area contributed by atoms with Gasteiger partial charge in [0.05, 0.1) is 5.52 Å². The first-order valence-electron chi connectivity index (χ1n) is 9.38. The van der Waals surface area contributed by atoms with Gasteiger partial charge in [-0.1, -0.05) is 43.6 Å². The first-order chi connectivity index (χ1) is 12.4. The van der Waals surface area contributed by atoms with Gasteiger partial charge in [-0.2, -0.15) is 0 Å². The number of pyridine rings is 1. The lowest BCUT2D eigenvalue weighted by atomic mass is 9.93. The summed E-state index contributed by atoms with van der Waals surface area (Å²) in [6.45, 7) is 10.8. The van der Waals surface area contributed by atoms with E-state index in [0.29, 0.717) is 6.04 Å². The Morgan fingerprint density at radius 1 is 1.00 bits per heavy atom. The van der Waals surface area contributed by atoms with Gasteiger partial charge in [0.1, 0.15) is 0 Å². The average molecular weight is 367 g/mol. The number of para-hydroxylation sites is 1. The molecule has 0 bridgehead atoms. The second-order valence-electron chi connectivity index (χ2n) is 7.09. The minimum atomic E-state index is 0.475. The summed E-state index contributed by atoms with van der Waals surface area (Å²) in [5.74, 6) is 0. The first kappa shape index (κ1) is 18.7. The van der Waals surface area contributed by atoms with Crippen LogP contribution in [0.25, 0.3) is 22.0 Å². The number of nitrogens with one attached hydrogen (secondary N) is 1. The van der Waals surface area contributed by atoms with E-state index in [1.54, 1.807) is 0 Å². The summed E-state index contributed by atoms with van der Waals surface area (Å²) in [6, 6.07) is 13.1. The average Bonchev–Trinajstić information content (AvgIpc) is 2.59. The van der Waals surface area contributed by atoms with Crippen molar-refractivity contribution in [2.45, 2.75) is 53.5 Å². The molecule has 1 N–H and O–H groups in total. The molecule has 26 heavy (non-hydrogen) atoms. The van der Waals surface area contributed by atoms with Gasteiger partial charge in [0, 0.05) is 33.4 Å². The number of benzene rings is 2. The molecule has 0 spiro atoms. The van der Waals surface area contributed by atoms with Crippen LogP contribution in [0.3, 0.4) is 0 Å². The molecule has 0 amide bonds. The normalized spacial score (nSPS) is 11.3. The molecular formula is C23H27ClN2. The molecule has 0 aliphatic heterocycles. The zero-order chi connectivity index (χ0) is 18.8. The van der Waals surface area contributed by atoms with Crippen molar-refractivity contribution in [1.82, 2.24) is 4.98 Å². The van der Waals surface area contributed by atoms with E-state index in [1.165, 1.54) is 33.3 Å². The van der Waals surface area contributed by atoms with E-state index in [0.717, 1.165) is 29.1 Å². The lowest BCUT2D eigenvalue weighted by Gasteiger charge is -2.20. The zero-order valence-corrected chi connectivity index (χ0v) is 17.0. The van der Waals surface area contributed by atoms with Gasteiger partial charge in [0.25, 0.3) is 0 Å². The Hall–Kier alpha value is -2.06. The molecule has 0 atom stereocenters. The fourth-order valence-corrected chi connectivity index (χ4v) is 4.07. The van der Waals surface area contributed by atoms with Crippen molar-refractivity contribution in [1.29, 1.82) is 0 Å². The summed E-state index contributed by atoms with van der Waals surface area (Å²) < 4.78 is 0. The van der Waals surface area contributed by atoms with Crippen LogP contribution >= 0.6 is 11.6 Å². The van der Waals surface area contributed by atoms with Gasteiger partial charge in [-0.3, -0.25) is 4.98 Å². The second-order valence-corrected chi connectivity index (χ2v) is 7.52. The molecule has 0 aliphatic rings. The number of rotatable bonds is 5. The minimum absolute atomic E-state index is 0.475. The summed E-state index contributed by atoms with van der Waals surface area (Å²) in [6.07, 6.45) is 2.21. The van der Waals surface area contributed by atoms with Crippen molar-refractivity contribution in [2.24, 2.45) is 0 Å². The molecule has 0 unspecified atom stereocenters. The molecule has 0 saturated carbocycles. The molecule has 0 saturated heterocycles. The summed E-state index contributed by atoms with van der Waals surface area (Å²) in [5.41, 5.74) is 8.02. The van der Waals surface area contributed by atoms with Crippen molar-refractivity contribution >= 4 is 28.2 Å². The molecule has 3 aromatic rings. The summed E-state index contributed by atoms with van der Waals surface area (Å²) in [7, 11) is 0. The largest absolute Gasteiger partial charge is 0.382 e. The predicted octanol–water partition coefficient (Wildman–Crippen LogP) is 7.08. The molecule has 2 aromatic carbocycles. The molecule has 136 valence electrons. The fourth-order valence-electron chi connectivity index (χ4n) is 3.75. The number of hydrogen-bond acceptors (Lipinski definition) is 2. The van der Waals surface area contributed by atoms with E-state index in [2.05, 4.69) is 64.2 Å². The molecule has 0 aliphatic carbocycles. The van der Waals surface area contributed by atoms with Crippen LogP contribution in [-0.4, -0.2) is 11.0 Å². The van der Waals surface area contributed by atoms with Crippen molar-refractivity contribution in [3.8, 4) is 11.1 Å². The third kappa shape index (κ3) is 3.57. The van der Waals surface area contributed by atoms with E-state index in [1.807, 2.05) is 12.1 Å². The van der Waals surface area contributed by atoms with Crippen molar-refractivity contribution < 1.29 is 0 Å². The Balaban J connectivity index is 2.25. The number of hydrogen-bond donors (Lipinski definition) is 1. The van der Waals surface area contributed by atoms with Gasteiger partial charge < -0.3 is 5.32 Å². The van der Waals surface area contributed by atoms with Gasteiger partial charge in [0.2, 0.25) is 0 Å². The smallest absolute Gasteiger partial charge is 0.0804 e. The zero-order valence-electron chi connectivity index (χ0n) is 16.3. The van der Waals surface area contributed by atoms with Crippen LogP contribution in [0, 0.1) is 20.8 Å². The van der Waals surface area contributed by atoms with Crippen molar-refractivity contribution in [3.05, 3.63) is 58.2 Å². The number of fused-ring (bicyclic) bond motifs is 1. The number of anilines is 1. The van der Waals surface area contributed by atoms with Crippen LogP contribution in [0.2, 0.25) is 5.02 Å². The summed E-state index contributed by atoms with van der Waals surface area (Å²) >= 11 is 6.24. The highest BCUT2D eigenvalue weighted by molar-refractivity contribution is 6.30. The second kappa shape index (κ2) is 7.67. The van der Waals surface area contributed by atoms with Crippen LogP contribution in [0.15, 0.2) is 36.4 Å². The van der Waals surface area contributed by atoms with Crippen LogP contribution in [0.1, 0.15) is 43.5 Å². The molecule has 2 nitrogen and oxygen atoms in total. The highest BCUT2D eigenvalue weighted by Crippen LogP contribution is 2.36. The Bertz CT molecular complexity index is 919. The summed E-state index contributed by atoms with van der Waals surface area (Å²) in [4.78, 5) is 4.90. The molecule has 3 heteroatoms. The highest BCUT2D eigenvalue weighted by Gasteiger charge is 2.15. The van der Waals surface area contributed by atoms with E-state index < -0.39 is 0 Å². The number of nitrogens with zero attached hydrogens (tertiary/aromatic N) is 1. The number of aryl methyl sites for hydroxylation is 3. The number of aromatic nitrogens is 1. The van der Waals surface area contributed by atoms with Crippen molar-refractivity contribution in [3.63, 3.8) is 0 Å². The molecular weight excluding hydrogens is 340 g/mol. The maximum Gasteiger partial charge on any atom is 0.0804 e. The molecule has 3 rings (SSSR count). The third-order valence-electron chi connectivity index (χ3n) is 5.08.